The van der Waals surface area contributed by atoms with E-state index in [-0.39, 0.29) is 5.63 Å². The molecule has 0 fully saturated rings. The van der Waals surface area contributed by atoms with Crippen LogP contribution in [-0.2, 0) is 12.8 Å². The molecule has 3 rings (SSSR count). The molecule has 1 aromatic carbocycles. The third-order valence-electron chi connectivity index (χ3n) is 3.63. The molecule has 0 saturated carbocycles. The lowest BCUT2D eigenvalue weighted by molar-refractivity contribution is 0.547. The molecule has 17 heavy (non-hydrogen) atoms. The molecule has 0 radical (unpaired) electrons. The highest BCUT2D eigenvalue weighted by molar-refractivity contribution is 5.82. The average molecular weight is 228 g/mol. The van der Waals surface area contributed by atoms with Crippen LogP contribution >= 0.6 is 0 Å². The second-order valence-corrected chi connectivity index (χ2v) is 4.91. The zero-order chi connectivity index (χ0) is 11.8. The highest BCUT2D eigenvalue weighted by atomic mass is 16.4. The van der Waals surface area contributed by atoms with Gasteiger partial charge in [-0.1, -0.05) is 18.6 Å². The van der Waals surface area contributed by atoms with Crippen LogP contribution in [0.5, 0.6) is 0 Å². The summed E-state index contributed by atoms with van der Waals surface area (Å²) >= 11 is 0. The summed E-state index contributed by atoms with van der Waals surface area (Å²) in [5.74, 6) is 0. The molecule has 88 valence electrons. The highest BCUT2D eigenvalue weighted by Crippen LogP contribution is 2.26. The lowest BCUT2D eigenvalue weighted by atomic mass is 10.00. The molecular formula is C15H16O2. The van der Waals surface area contributed by atoms with Crippen LogP contribution in [0.1, 0.15) is 36.0 Å². The molecule has 1 aliphatic rings. The van der Waals surface area contributed by atoms with Gasteiger partial charge in [0, 0.05) is 10.9 Å². The molecule has 0 N–H and O–H groups in total. The first-order valence-electron chi connectivity index (χ1n) is 6.31. The summed E-state index contributed by atoms with van der Waals surface area (Å²) in [7, 11) is 0. The molecule has 0 spiro atoms. The van der Waals surface area contributed by atoms with E-state index >= 15 is 0 Å². The Labute approximate surface area is 100 Å². The number of hydrogen-bond acceptors (Lipinski definition) is 2. The summed E-state index contributed by atoms with van der Waals surface area (Å²) in [6.45, 7) is 2.02. The first-order valence-corrected chi connectivity index (χ1v) is 6.31. The Morgan fingerprint density at radius 1 is 1.06 bits per heavy atom. The zero-order valence-electron chi connectivity index (χ0n) is 10.1. The Morgan fingerprint density at radius 3 is 2.65 bits per heavy atom. The number of hydrogen-bond donors (Lipinski definition) is 0. The van der Waals surface area contributed by atoms with Gasteiger partial charge in [-0.2, -0.15) is 0 Å². The van der Waals surface area contributed by atoms with E-state index in [9.17, 15) is 4.79 Å². The fourth-order valence-electron chi connectivity index (χ4n) is 2.73. The number of benzene rings is 1. The van der Waals surface area contributed by atoms with Crippen LogP contribution in [-0.4, -0.2) is 0 Å². The molecule has 0 atom stereocenters. The molecular weight excluding hydrogens is 212 g/mol. The van der Waals surface area contributed by atoms with Crippen molar-refractivity contribution in [2.45, 2.75) is 39.0 Å². The number of fused-ring (bicyclic) bond motifs is 3. The number of rotatable bonds is 0. The number of aryl methyl sites for hydroxylation is 2. The Morgan fingerprint density at radius 2 is 1.82 bits per heavy atom. The van der Waals surface area contributed by atoms with Crippen LogP contribution in [0.2, 0.25) is 0 Å². The van der Waals surface area contributed by atoms with Crippen molar-refractivity contribution in [1.82, 2.24) is 0 Å². The minimum atomic E-state index is -0.125. The molecule has 2 nitrogen and oxygen atoms in total. The maximum absolute atomic E-state index is 12.0. The van der Waals surface area contributed by atoms with Gasteiger partial charge in [0.25, 0.3) is 0 Å². The van der Waals surface area contributed by atoms with E-state index in [4.69, 9.17) is 4.42 Å². The van der Waals surface area contributed by atoms with Crippen LogP contribution in [0.15, 0.2) is 27.4 Å². The Balaban J connectivity index is 2.36. The van der Waals surface area contributed by atoms with Crippen molar-refractivity contribution in [3.05, 3.63) is 45.3 Å². The highest BCUT2D eigenvalue weighted by Gasteiger charge is 2.16. The van der Waals surface area contributed by atoms with Crippen LogP contribution in [0.25, 0.3) is 11.0 Å². The van der Waals surface area contributed by atoms with Crippen molar-refractivity contribution in [3.63, 3.8) is 0 Å². The standard InChI is InChI=1S/C15H16O2/c1-10-7-8-12-11-5-3-2-4-6-13(11)15(16)17-14(12)9-10/h7-9H,2-6H2,1H3. The molecule has 0 amide bonds. The van der Waals surface area contributed by atoms with Gasteiger partial charge in [-0.25, -0.2) is 4.79 Å². The lowest BCUT2D eigenvalue weighted by Gasteiger charge is -2.08. The predicted octanol–water partition coefficient (Wildman–Crippen LogP) is 3.37. The van der Waals surface area contributed by atoms with E-state index in [2.05, 4.69) is 12.1 Å². The van der Waals surface area contributed by atoms with Crippen molar-refractivity contribution in [1.29, 1.82) is 0 Å². The third-order valence-corrected chi connectivity index (χ3v) is 3.63. The Kier molecular flexibility index (Phi) is 2.50. The summed E-state index contributed by atoms with van der Waals surface area (Å²) < 4.78 is 5.44. The fraction of sp³-hybridized carbons (Fsp3) is 0.400. The van der Waals surface area contributed by atoms with Gasteiger partial charge in [0.15, 0.2) is 0 Å². The third kappa shape index (κ3) is 1.78. The zero-order valence-corrected chi connectivity index (χ0v) is 10.1. The van der Waals surface area contributed by atoms with Crippen molar-refractivity contribution in [3.8, 4) is 0 Å². The molecule has 0 bridgehead atoms. The lowest BCUT2D eigenvalue weighted by Crippen LogP contribution is -2.10. The van der Waals surface area contributed by atoms with E-state index in [0.717, 1.165) is 41.4 Å². The Hall–Kier alpha value is -1.57. The van der Waals surface area contributed by atoms with Crippen LogP contribution in [0.4, 0.5) is 0 Å². The predicted molar refractivity (Wildman–Crippen MR) is 68.5 cm³/mol. The molecule has 2 aromatic rings. The van der Waals surface area contributed by atoms with E-state index in [1.54, 1.807) is 0 Å². The van der Waals surface area contributed by atoms with E-state index in [1.807, 2.05) is 13.0 Å². The fourth-order valence-corrected chi connectivity index (χ4v) is 2.73. The van der Waals surface area contributed by atoms with Crippen LogP contribution < -0.4 is 5.63 Å². The van der Waals surface area contributed by atoms with Crippen molar-refractivity contribution in [2.24, 2.45) is 0 Å². The largest absolute Gasteiger partial charge is 0.423 e. The Bertz CT molecular complexity index is 623. The van der Waals surface area contributed by atoms with Crippen molar-refractivity contribution in [2.75, 3.05) is 0 Å². The van der Waals surface area contributed by atoms with Gasteiger partial charge in [0.05, 0.1) is 0 Å². The van der Waals surface area contributed by atoms with Gasteiger partial charge in [-0.3, -0.25) is 0 Å². The van der Waals surface area contributed by atoms with Gasteiger partial charge >= 0.3 is 5.63 Å². The molecule has 1 heterocycles. The van der Waals surface area contributed by atoms with E-state index < -0.39 is 0 Å². The first kappa shape index (κ1) is 10.6. The van der Waals surface area contributed by atoms with Gasteiger partial charge < -0.3 is 4.42 Å². The quantitative estimate of drug-likeness (QED) is 0.511. The summed E-state index contributed by atoms with van der Waals surface area (Å²) in [5, 5.41) is 1.13. The smallest absolute Gasteiger partial charge is 0.339 e. The maximum atomic E-state index is 12.0. The summed E-state index contributed by atoms with van der Waals surface area (Å²) in [6.07, 6.45) is 5.39. The van der Waals surface area contributed by atoms with Crippen LogP contribution in [0, 0.1) is 6.92 Å². The normalized spacial score (nSPS) is 15.6. The molecule has 1 aromatic heterocycles. The molecule has 0 saturated heterocycles. The summed E-state index contributed by atoms with van der Waals surface area (Å²) in [4.78, 5) is 12.0. The second-order valence-electron chi connectivity index (χ2n) is 4.91. The molecule has 2 heteroatoms. The molecule has 1 aliphatic carbocycles. The average Bonchev–Trinajstić information content (AvgIpc) is 2.54. The molecule has 0 aliphatic heterocycles. The maximum Gasteiger partial charge on any atom is 0.339 e. The van der Waals surface area contributed by atoms with E-state index in [1.165, 1.54) is 18.4 Å². The van der Waals surface area contributed by atoms with Gasteiger partial charge in [-0.15, -0.1) is 0 Å². The van der Waals surface area contributed by atoms with E-state index in [0.29, 0.717) is 0 Å². The topological polar surface area (TPSA) is 30.2 Å². The monoisotopic (exact) mass is 228 g/mol. The van der Waals surface area contributed by atoms with Gasteiger partial charge in [0.2, 0.25) is 0 Å². The molecule has 0 unspecified atom stereocenters. The minimum Gasteiger partial charge on any atom is -0.423 e. The second kappa shape index (κ2) is 4.02. The summed E-state index contributed by atoms with van der Waals surface area (Å²) in [6, 6.07) is 6.15. The van der Waals surface area contributed by atoms with Crippen LogP contribution in [0.3, 0.4) is 0 Å². The summed E-state index contributed by atoms with van der Waals surface area (Å²) in [5.41, 5.74) is 3.90. The van der Waals surface area contributed by atoms with Crippen molar-refractivity contribution >= 4 is 11.0 Å². The van der Waals surface area contributed by atoms with Crippen molar-refractivity contribution < 1.29 is 4.42 Å². The first-order chi connectivity index (χ1) is 8.25. The SMILES string of the molecule is Cc1ccc2c3c(c(=O)oc2c1)CCCCC3. The van der Waals surface area contributed by atoms with Gasteiger partial charge in [0.1, 0.15) is 5.58 Å². The minimum absolute atomic E-state index is 0.125. The van der Waals surface area contributed by atoms with Gasteiger partial charge in [-0.05, 0) is 49.8 Å².